The lowest BCUT2D eigenvalue weighted by Gasteiger charge is -2.31. The quantitative estimate of drug-likeness (QED) is 0.633. The van der Waals surface area contributed by atoms with E-state index in [9.17, 15) is 18.0 Å². The van der Waals surface area contributed by atoms with Gasteiger partial charge in [0, 0.05) is 38.1 Å². The first-order valence-electron chi connectivity index (χ1n) is 10.4. The van der Waals surface area contributed by atoms with Crippen LogP contribution in [-0.4, -0.2) is 70.8 Å². The molecule has 0 saturated carbocycles. The van der Waals surface area contributed by atoms with Crippen molar-refractivity contribution < 1.29 is 27.5 Å². The number of nitrogens with one attached hydrogen (secondary N) is 1. The van der Waals surface area contributed by atoms with E-state index in [1.165, 1.54) is 40.8 Å². The van der Waals surface area contributed by atoms with E-state index in [0.717, 1.165) is 4.88 Å². The van der Waals surface area contributed by atoms with E-state index in [1.807, 2.05) is 6.92 Å². The number of sulfonamides is 1. The molecule has 1 fully saturated rings. The zero-order valence-electron chi connectivity index (χ0n) is 19.4. The van der Waals surface area contributed by atoms with Gasteiger partial charge in [-0.1, -0.05) is 0 Å². The molecule has 1 aliphatic heterocycles. The summed E-state index contributed by atoms with van der Waals surface area (Å²) in [6.45, 7) is 2.30. The molecule has 2 heterocycles. The number of anilines is 1. The Morgan fingerprint density at radius 3 is 2.39 bits per heavy atom. The van der Waals surface area contributed by atoms with Crippen LogP contribution in [0.2, 0.25) is 0 Å². The van der Waals surface area contributed by atoms with Crippen LogP contribution in [0.4, 0.5) is 5.69 Å². The monoisotopic (exact) mass is 495 g/mol. The van der Waals surface area contributed by atoms with E-state index in [2.05, 4.69) is 5.32 Å². The van der Waals surface area contributed by atoms with Crippen molar-refractivity contribution in [1.82, 2.24) is 9.21 Å². The lowest BCUT2D eigenvalue weighted by Crippen LogP contribution is -2.43. The van der Waals surface area contributed by atoms with Crippen LogP contribution in [0.3, 0.4) is 0 Å². The van der Waals surface area contributed by atoms with Gasteiger partial charge < -0.3 is 19.7 Å². The van der Waals surface area contributed by atoms with Crippen molar-refractivity contribution in [1.29, 1.82) is 0 Å². The van der Waals surface area contributed by atoms with Crippen molar-refractivity contribution >= 4 is 38.9 Å². The summed E-state index contributed by atoms with van der Waals surface area (Å²) in [5.74, 6) is -0.486. The highest BCUT2D eigenvalue weighted by atomic mass is 32.2. The number of nitrogens with zero attached hydrogens (tertiary/aromatic N) is 2. The molecule has 1 aromatic carbocycles. The maximum absolute atomic E-state index is 13.2. The molecule has 1 atom stereocenters. The molecule has 1 aromatic heterocycles. The number of benzene rings is 1. The second-order valence-electron chi connectivity index (χ2n) is 8.01. The van der Waals surface area contributed by atoms with Crippen LogP contribution < -0.4 is 14.8 Å². The normalized spacial score (nSPS) is 16.8. The van der Waals surface area contributed by atoms with Crippen LogP contribution in [0, 0.1) is 12.8 Å². The first-order chi connectivity index (χ1) is 15.6. The molecule has 1 unspecified atom stereocenters. The standard InChI is InChI=1S/C22H29N3O6S2/c1-14-8-9-20(32-14)33(28,29)25-10-6-7-15(13-25)21(26)23-17-12-19(31-5)18(30-4)11-16(17)22(27)24(2)3/h8-9,11-12,15H,6-7,10,13H2,1-5H3,(H,23,26). The fourth-order valence-electron chi connectivity index (χ4n) is 3.69. The summed E-state index contributed by atoms with van der Waals surface area (Å²) < 4.78 is 38.3. The van der Waals surface area contributed by atoms with Crippen LogP contribution in [0.25, 0.3) is 0 Å². The van der Waals surface area contributed by atoms with Crippen molar-refractivity contribution in [3.63, 3.8) is 0 Å². The van der Waals surface area contributed by atoms with Crippen molar-refractivity contribution in [3.8, 4) is 11.5 Å². The maximum atomic E-state index is 13.2. The molecule has 33 heavy (non-hydrogen) atoms. The van der Waals surface area contributed by atoms with E-state index < -0.39 is 15.9 Å². The highest BCUT2D eigenvalue weighted by Crippen LogP contribution is 2.35. The van der Waals surface area contributed by atoms with Crippen LogP contribution in [0.1, 0.15) is 28.1 Å². The van der Waals surface area contributed by atoms with Gasteiger partial charge in [0.1, 0.15) is 4.21 Å². The molecule has 1 N–H and O–H groups in total. The van der Waals surface area contributed by atoms with Gasteiger partial charge >= 0.3 is 0 Å². The van der Waals surface area contributed by atoms with Crippen LogP contribution in [0.15, 0.2) is 28.5 Å². The Bertz CT molecular complexity index is 1140. The van der Waals surface area contributed by atoms with Crippen LogP contribution >= 0.6 is 11.3 Å². The van der Waals surface area contributed by atoms with Crippen LogP contribution in [-0.2, 0) is 14.8 Å². The van der Waals surface area contributed by atoms with Crippen molar-refractivity contribution in [2.24, 2.45) is 5.92 Å². The average molecular weight is 496 g/mol. The summed E-state index contributed by atoms with van der Waals surface area (Å²) in [6, 6.07) is 6.43. The van der Waals surface area contributed by atoms with Gasteiger partial charge in [-0.25, -0.2) is 8.42 Å². The third-order valence-electron chi connectivity index (χ3n) is 5.48. The summed E-state index contributed by atoms with van der Waals surface area (Å²) in [6.07, 6.45) is 1.11. The van der Waals surface area contributed by atoms with Gasteiger partial charge in [-0.2, -0.15) is 4.31 Å². The second kappa shape index (κ2) is 10.1. The number of hydrogen-bond donors (Lipinski definition) is 1. The molecule has 0 spiro atoms. The molecule has 2 aromatic rings. The SMILES string of the molecule is COc1cc(NC(=O)C2CCCN(S(=O)(=O)c3ccc(C)s3)C2)c(C(=O)N(C)C)cc1OC. The van der Waals surface area contributed by atoms with Crippen molar-refractivity contribution in [2.45, 2.75) is 24.0 Å². The fourth-order valence-corrected chi connectivity index (χ4v) is 6.65. The van der Waals surface area contributed by atoms with Gasteiger partial charge in [-0.15, -0.1) is 11.3 Å². The molecule has 0 bridgehead atoms. The number of rotatable bonds is 7. The highest BCUT2D eigenvalue weighted by Gasteiger charge is 2.34. The summed E-state index contributed by atoms with van der Waals surface area (Å²) >= 11 is 1.22. The number of thiophene rings is 1. The molecular weight excluding hydrogens is 466 g/mol. The lowest BCUT2D eigenvalue weighted by atomic mass is 9.98. The summed E-state index contributed by atoms with van der Waals surface area (Å²) in [4.78, 5) is 28.2. The number of piperidine rings is 1. The van der Waals surface area contributed by atoms with E-state index in [1.54, 1.807) is 32.3 Å². The smallest absolute Gasteiger partial charge is 0.255 e. The number of hydrogen-bond acceptors (Lipinski definition) is 7. The molecule has 11 heteroatoms. The Hall–Kier alpha value is -2.63. The molecule has 9 nitrogen and oxygen atoms in total. The summed E-state index contributed by atoms with van der Waals surface area (Å²) in [5.41, 5.74) is 0.533. The van der Waals surface area contributed by atoms with E-state index >= 15 is 0 Å². The van der Waals surface area contributed by atoms with Gasteiger partial charge in [0.15, 0.2) is 11.5 Å². The molecule has 1 aliphatic rings. The zero-order chi connectivity index (χ0) is 24.3. The predicted molar refractivity (Wildman–Crippen MR) is 127 cm³/mol. The van der Waals surface area contributed by atoms with Gasteiger partial charge in [0.25, 0.3) is 15.9 Å². The predicted octanol–water partition coefficient (Wildman–Crippen LogP) is 2.81. The van der Waals surface area contributed by atoms with Gasteiger partial charge in [-0.05, 0) is 38.0 Å². The van der Waals surface area contributed by atoms with E-state index in [-0.39, 0.29) is 33.8 Å². The van der Waals surface area contributed by atoms with Gasteiger partial charge in [0.2, 0.25) is 5.91 Å². The summed E-state index contributed by atoms with van der Waals surface area (Å²) in [5, 5.41) is 2.82. The van der Waals surface area contributed by atoms with Gasteiger partial charge in [0.05, 0.1) is 31.4 Å². The van der Waals surface area contributed by atoms with E-state index in [0.29, 0.717) is 30.9 Å². The number of aryl methyl sites for hydroxylation is 1. The highest BCUT2D eigenvalue weighted by molar-refractivity contribution is 7.91. The fraction of sp³-hybridized carbons (Fsp3) is 0.455. The Morgan fingerprint density at radius 2 is 1.82 bits per heavy atom. The Balaban J connectivity index is 1.85. The molecule has 0 radical (unpaired) electrons. The maximum Gasteiger partial charge on any atom is 0.255 e. The first-order valence-corrected chi connectivity index (χ1v) is 12.7. The number of methoxy groups -OCH3 is 2. The minimum Gasteiger partial charge on any atom is -0.493 e. The number of carbonyl (C=O) groups is 2. The molecule has 180 valence electrons. The van der Waals surface area contributed by atoms with Crippen molar-refractivity contribution in [3.05, 3.63) is 34.7 Å². The van der Waals surface area contributed by atoms with Gasteiger partial charge in [-0.3, -0.25) is 9.59 Å². The molecular formula is C22H29N3O6S2. The minimum atomic E-state index is -3.66. The molecule has 0 aliphatic carbocycles. The van der Waals surface area contributed by atoms with Crippen molar-refractivity contribution in [2.75, 3.05) is 46.7 Å². The summed E-state index contributed by atoms with van der Waals surface area (Å²) in [7, 11) is 2.50. The third kappa shape index (κ3) is 5.31. The topological polar surface area (TPSA) is 105 Å². The molecule has 3 rings (SSSR count). The second-order valence-corrected chi connectivity index (χ2v) is 11.5. The Labute approximate surface area is 198 Å². The zero-order valence-corrected chi connectivity index (χ0v) is 21.0. The molecule has 2 amide bonds. The number of amides is 2. The number of carbonyl (C=O) groups excluding carboxylic acids is 2. The molecule has 1 saturated heterocycles. The minimum absolute atomic E-state index is 0.0787. The largest absolute Gasteiger partial charge is 0.493 e. The van der Waals surface area contributed by atoms with E-state index in [4.69, 9.17) is 9.47 Å². The number of ether oxygens (including phenoxy) is 2. The Morgan fingerprint density at radius 1 is 1.15 bits per heavy atom. The lowest BCUT2D eigenvalue weighted by molar-refractivity contribution is -0.120. The van der Waals surface area contributed by atoms with Crippen LogP contribution in [0.5, 0.6) is 11.5 Å². The first kappa shape index (κ1) is 25.0. The third-order valence-corrected chi connectivity index (χ3v) is 8.82. The Kier molecular flexibility index (Phi) is 7.65. The average Bonchev–Trinajstić information content (AvgIpc) is 3.25.